The lowest BCUT2D eigenvalue weighted by Crippen LogP contribution is -2.38. The third-order valence-corrected chi connectivity index (χ3v) is 5.42. The lowest BCUT2D eigenvalue weighted by atomic mass is 9.77. The van der Waals surface area contributed by atoms with E-state index in [1.807, 2.05) is 13.8 Å². The second kappa shape index (κ2) is 11.3. The van der Waals surface area contributed by atoms with Crippen LogP contribution < -0.4 is 10.2 Å². The zero-order valence-electron chi connectivity index (χ0n) is 16.7. The fraction of sp³-hybridized carbons (Fsp3) is 0.619. The summed E-state index contributed by atoms with van der Waals surface area (Å²) in [7, 11) is 0. The van der Waals surface area contributed by atoms with E-state index in [2.05, 4.69) is 28.4 Å². The number of rotatable bonds is 7. The molecule has 0 saturated heterocycles. The maximum Gasteiger partial charge on any atom is 0.155 e. The maximum atomic E-state index is 11.3. The Bertz CT molecular complexity index is 636. The highest BCUT2D eigenvalue weighted by molar-refractivity contribution is 6.33. The Balaban J connectivity index is 0.00000126. The van der Waals surface area contributed by atoms with Gasteiger partial charge in [-0.3, -0.25) is 9.78 Å². The Morgan fingerprint density at radius 2 is 2.11 bits per heavy atom. The monoisotopic (exact) mass is 393 g/mol. The fourth-order valence-corrected chi connectivity index (χ4v) is 4.09. The standard InChI is InChI=1S/C19H26ClN3O2.C2H6/c1-2-9-23-18(7-8-22-23)15-6-4-3-5-14(15)13-25-19-11-21-10-17(20)16(19)12-24;1-2/h7,10-12,14-15,22H,2-6,8-9,13H2,1H3;1-2H3. The minimum atomic E-state index is 0.338. The summed E-state index contributed by atoms with van der Waals surface area (Å²) in [6.45, 7) is 8.73. The molecule has 0 radical (unpaired) electrons. The number of carbonyl (C=O) groups is 1. The van der Waals surface area contributed by atoms with Gasteiger partial charge in [-0.2, -0.15) is 0 Å². The van der Waals surface area contributed by atoms with Crippen LogP contribution in [0.1, 0.15) is 63.2 Å². The van der Waals surface area contributed by atoms with Crippen molar-refractivity contribution in [3.05, 3.63) is 34.8 Å². The van der Waals surface area contributed by atoms with Crippen molar-refractivity contribution in [1.82, 2.24) is 15.4 Å². The first-order valence-electron chi connectivity index (χ1n) is 10.2. The lowest BCUT2D eigenvalue weighted by Gasteiger charge is -2.36. The SMILES string of the molecule is CC.CCCN1NCC=C1C1CCCCC1COc1cncc(Cl)c1C=O. The van der Waals surface area contributed by atoms with Crippen LogP contribution in [0.3, 0.4) is 0 Å². The number of hydrazine groups is 1. The highest BCUT2D eigenvalue weighted by atomic mass is 35.5. The summed E-state index contributed by atoms with van der Waals surface area (Å²) in [6, 6.07) is 0. The number of carbonyl (C=O) groups excluding carboxylic acids is 1. The number of aldehydes is 1. The third-order valence-electron chi connectivity index (χ3n) is 5.11. The number of nitrogens with one attached hydrogen (secondary N) is 1. The smallest absolute Gasteiger partial charge is 0.155 e. The molecular weight excluding hydrogens is 362 g/mol. The van der Waals surface area contributed by atoms with Crippen molar-refractivity contribution >= 4 is 17.9 Å². The summed E-state index contributed by atoms with van der Waals surface area (Å²) < 4.78 is 5.99. The van der Waals surface area contributed by atoms with Crippen molar-refractivity contribution in [1.29, 1.82) is 0 Å². The van der Waals surface area contributed by atoms with E-state index >= 15 is 0 Å². The summed E-state index contributed by atoms with van der Waals surface area (Å²) in [5.74, 6) is 1.43. The summed E-state index contributed by atoms with van der Waals surface area (Å²) in [5, 5.41) is 2.64. The molecule has 1 aliphatic heterocycles. The average Bonchev–Trinajstić information content (AvgIpc) is 3.16. The van der Waals surface area contributed by atoms with Gasteiger partial charge in [0.1, 0.15) is 5.75 Å². The number of aromatic nitrogens is 1. The topological polar surface area (TPSA) is 54.5 Å². The largest absolute Gasteiger partial charge is 0.491 e. The molecule has 1 aromatic heterocycles. The van der Waals surface area contributed by atoms with E-state index in [1.54, 1.807) is 6.20 Å². The first-order chi connectivity index (χ1) is 13.2. The average molecular weight is 394 g/mol. The normalized spacial score (nSPS) is 21.9. The number of halogens is 1. The Hall–Kier alpha value is -1.59. The Morgan fingerprint density at radius 3 is 2.85 bits per heavy atom. The molecule has 1 fully saturated rings. The van der Waals surface area contributed by atoms with Gasteiger partial charge >= 0.3 is 0 Å². The van der Waals surface area contributed by atoms with E-state index in [4.69, 9.17) is 16.3 Å². The molecule has 2 unspecified atom stereocenters. The van der Waals surface area contributed by atoms with E-state index in [0.29, 0.717) is 34.8 Å². The zero-order valence-corrected chi connectivity index (χ0v) is 17.5. The molecule has 3 rings (SSSR count). The second-order valence-electron chi connectivity index (χ2n) is 6.76. The van der Waals surface area contributed by atoms with Crippen LogP contribution in [0.15, 0.2) is 24.2 Å². The predicted octanol–water partition coefficient (Wildman–Crippen LogP) is 4.87. The lowest BCUT2D eigenvalue weighted by molar-refractivity contribution is 0.111. The van der Waals surface area contributed by atoms with Crippen LogP contribution in [-0.4, -0.2) is 36.0 Å². The van der Waals surface area contributed by atoms with Gasteiger partial charge in [0.25, 0.3) is 0 Å². The minimum Gasteiger partial charge on any atom is -0.491 e. The first kappa shape index (κ1) is 21.7. The van der Waals surface area contributed by atoms with Gasteiger partial charge in [0.05, 0.1) is 23.4 Å². The van der Waals surface area contributed by atoms with Crippen molar-refractivity contribution in [3.63, 3.8) is 0 Å². The fourth-order valence-electron chi connectivity index (χ4n) is 3.90. The van der Waals surface area contributed by atoms with Gasteiger partial charge in [-0.15, -0.1) is 0 Å². The number of pyridine rings is 1. The molecule has 0 bridgehead atoms. The zero-order chi connectivity index (χ0) is 19.6. The van der Waals surface area contributed by atoms with Crippen LogP contribution >= 0.6 is 11.6 Å². The van der Waals surface area contributed by atoms with E-state index < -0.39 is 0 Å². The van der Waals surface area contributed by atoms with Gasteiger partial charge in [0.15, 0.2) is 6.29 Å². The summed E-state index contributed by atoms with van der Waals surface area (Å²) in [4.78, 5) is 15.3. The van der Waals surface area contributed by atoms with Crippen LogP contribution in [0.25, 0.3) is 0 Å². The molecule has 6 heteroatoms. The van der Waals surface area contributed by atoms with Crippen LogP contribution in [0, 0.1) is 11.8 Å². The Labute approximate surface area is 168 Å². The van der Waals surface area contributed by atoms with Crippen molar-refractivity contribution in [2.75, 3.05) is 19.7 Å². The highest BCUT2D eigenvalue weighted by Crippen LogP contribution is 2.37. The van der Waals surface area contributed by atoms with Crippen molar-refractivity contribution in [2.45, 2.75) is 52.9 Å². The molecule has 1 aromatic rings. The molecule has 1 aliphatic carbocycles. The van der Waals surface area contributed by atoms with Crippen molar-refractivity contribution in [2.24, 2.45) is 11.8 Å². The van der Waals surface area contributed by atoms with E-state index in [0.717, 1.165) is 32.2 Å². The minimum absolute atomic E-state index is 0.338. The van der Waals surface area contributed by atoms with Gasteiger partial charge in [0, 0.05) is 36.8 Å². The van der Waals surface area contributed by atoms with Crippen LogP contribution in [-0.2, 0) is 0 Å². The van der Waals surface area contributed by atoms with Crippen molar-refractivity contribution < 1.29 is 9.53 Å². The number of ether oxygens (including phenoxy) is 1. The Kier molecular flexibility index (Phi) is 9.08. The molecule has 150 valence electrons. The highest BCUT2D eigenvalue weighted by Gasteiger charge is 2.32. The molecule has 0 spiro atoms. The Morgan fingerprint density at radius 1 is 1.33 bits per heavy atom. The number of allylic oxidation sites excluding steroid dienone is 1. The van der Waals surface area contributed by atoms with E-state index in [9.17, 15) is 4.79 Å². The summed E-state index contributed by atoms with van der Waals surface area (Å²) in [6.07, 6.45) is 12.1. The first-order valence-corrected chi connectivity index (χ1v) is 10.5. The molecule has 0 amide bonds. The van der Waals surface area contributed by atoms with Gasteiger partial charge in [-0.05, 0) is 25.3 Å². The van der Waals surface area contributed by atoms with Crippen LogP contribution in [0.4, 0.5) is 0 Å². The van der Waals surface area contributed by atoms with Crippen molar-refractivity contribution in [3.8, 4) is 5.75 Å². The van der Waals surface area contributed by atoms with E-state index in [1.165, 1.54) is 31.2 Å². The molecule has 1 N–H and O–H groups in total. The molecule has 0 aromatic carbocycles. The predicted molar refractivity (Wildman–Crippen MR) is 110 cm³/mol. The quantitative estimate of drug-likeness (QED) is 0.669. The number of hydrogen-bond acceptors (Lipinski definition) is 5. The van der Waals surface area contributed by atoms with E-state index in [-0.39, 0.29) is 0 Å². The van der Waals surface area contributed by atoms with Gasteiger partial charge in [-0.1, -0.05) is 45.2 Å². The molecule has 5 nitrogen and oxygen atoms in total. The number of hydrogen-bond donors (Lipinski definition) is 1. The molecular formula is C21H32ClN3O2. The maximum absolute atomic E-state index is 11.3. The van der Waals surface area contributed by atoms with Crippen LogP contribution in [0.5, 0.6) is 5.75 Å². The summed E-state index contributed by atoms with van der Waals surface area (Å²) >= 11 is 6.04. The number of nitrogens with zero attached hydrogens (tertiary/aromatic N) is 2. The molecule has 27 heavy (non-hydrogen) atoms. The molecule has 1 saturated carbocycles. The van der Waals surface area contributed by atoms with Gasteiger partial charge in [0.2, 0.25) is 0 Å². The second-order valence-corrected chi connectivity index (χ2v) is 7.16. The molecule has 2 atom stereocenters. The third kappa shape index (κ3) is 5.45. The van der Waals surface area contributed by atoms with Crippen LogP contribution in [0.2, 0.25) is 5.02 Å². The van der Waals surface area contributed by atoms with Gasteiger partial charge in [-0.25, -0.2) is 5.43 Å². The molecule has 2 aliphatic rings. The molecule has 2 heterocycles. The summed E-state index contributed by atoms with van der Waals surface area (Å²) in [5.41, 5.74) is 5.25. The van der Waals surface area contributed by atoms with Gasteiger partial charge < -0.3 is 9.75 Å².